The number of aliphatic hydroxyl groups excluding tert-OH is 21. The van der Waals surface area contributed by atoms with E-state index in [1.165, 1.54) is 0 Å². The maximum atomic E-state index is 13.7. The van der Waals surface area contributed by atoms with Crippen LogP contribution in [0.4, 0.5) is 0 Å². The minimum atomic E-state index is -3.42. The zero-order valence-corrected chi connectivity index (χ0v) is 52.5. The normalized spacial score (nSPS) is 46.0. The van der Waals surface area contributed by atoms with Crippen LogP contribution >= 0.6 is 0 Å². The minimum Gasteiger partial charge on any atom is -0.477 e. The Balaban J connectivity index is 1.39. The zero-order chi connectivity index (χ0) is 73.1. The van der Waals surface area contributed by atoms with Crippen LogP contribution in [0.25, 0.3) is 0 Å². The molecule has 0 bridgehead atoms. The molecule has 26 N–H and O–H groups in total. The fourth-order valence-corrected chi connectivity index (χ4v) is 12.4. The van der Waals surface area contributed by atoms with E-state index in [-0.39, 0.29) is 0 Å². The van der Waals surface area contributed by atoms with Crippen molar-refractivity contribution in [3.63, 3.8) is 0 Å². The van der Waals surface area contributed by atoms with Gasteiger partial charge in [-0.3, -0.25) is 14.4 Å². The smallest absolute Gasteiger partial charge is 0.364 e. The van der Waals surface area contributed by atoms with Gasteiger partial charge in [0.05, 0.1) is 70.0 Å². The van der Waals surface area contributed by atoms with Crippen LogP contribution in [0.15, 0.2) is 0 Å². The van der Waals surface area contributed by atoms with Crippen LogP contribution in [0, 0.1) is 0 Å². The molecule has 0 saturated carbocycles. The quantitative estimate of drug-likeness (QED) is 0.0363. The zero-order valence-electron chi connectivity index (χ0n) is 52.5. The number of carboxylic acids is 2. The summed E-state index contributed by atoms with van der Waals surface area (Å²) in [5.41, 5.74) is 0. The lowest BCUT2D eigenvalue weighted by molar-refractivity contribution is -0.402. The lowest BCUT2D eigenvalue weighted by Crippen LogP contribution is -2.72. The first-order valence-corrected chi connectivity index (χ1v) is 30.7. The molecule has 7 fully saturated rings. The van der Waals surface area contributed by atoms with E-state index in [1.54, 1.807) is 0 Å². The van der Waals surface area contributed by atoms with Crippen LogP contribution in [0.5, 0.6) is 0 Å². The van der Waals surface area contributed by atoms with Gasteiger partial charge in [-0.2, -0.15) is 0 Å². The molecule has 0 aromatic heterocycles. The molecule has 7 aliphatic heterocycles. The van der Waals surface area contributed by atoms with Gasteiger partial charge in [0.15, 0.2) is 31.5 Å². The SMILES string of the molecule is CC(=O)N[C@H]1[C@H](O[C@H]2[C@@H](O)[C@@H](CO)O[C@@H](O[C@H]3[C@H](O)[C@@H](O)C(O)O[C@@H]3CO)[C@@H]2O)O[C@H](CO[C@]2(C(=O)O)C[C@H](O)[C@@H](NC(C)=O)[C@H]([C@H](O)[C@H](O)CO)O2)[C@@H](O[C@@H]2O[C@@H](C)[C@@H](O)[C@@H](O)[C@@H]2O)[C@@H]1O[C@@H]1O[C@H](CO)[C@H](O)[C@H](O[C@]2(C(=O)O)C[C@H](O)[C@@H](NC(C)=O)[C@H]([C@H](O)[C@H](O)CO)O2)[C@H]1O. The molecule has 37 atom stereocenters. The molecule has 0 radical (unpaired) electrons. The van der Waals surface area contributed by atoms with E-state index in [4.69, 9.17) is 61.6 Å². The molecule has 7 heterocycles. The van der Waals surface area contributed by atoms with Crippen molar-refractivity contribution in [2.24, 2.45) is 0 Å². The molecule has 98 heavy (non-hydrogen) atoms. The van der Waals surface area contributed by atoms with E-state index in [1.807, 2.05) is 0 Å². The van der Waals surface area contributed by atoms with Crippen molar-refractivity contribution in [2.75, 3.05) is 39.6 Å². The van der Waals surface area contributed by atoms with Crippen molar-refractivity contribution in [2.45, 2.75) is 266 Å². The molecule has 44 heteroatoms. The topological polar surface area (TPSA) is 707 Å². The van der Waals surface area contributed by atoms with Gasteiger partial charge < -0.3 is 195 Å². The number of carboxylic acid groups (broad SMARTS) is 2. The number of aliphatic carboxylic acids is 2. The van der Waals surface area contributed by atoms with E-state index >= 15 is 0 Å². The molecule has 3 amide bonds. The first kappa shape index (κ1) is 81.3. The molecule has 0 aromatic carbocycles. The molecule has 566 valence electrons. The molecule has 7 saturated heterocycles. The van der Waals surface area contributed by atoms with Gasteiger partial charge in [-0.1, -0.05) is 0 Å². The number of carbonyl (C=O) groups excluding carboxylic acids is 3. The highest BCUT2D eigenvalue weighted by Gasteiger charge is 2.64. The van der Waals surface area contributed by atoms with Crippen molar-refractivity contribution >= 4 is 29.7 Å². The monoisotopic (exact) mass is 1440 g/mol. The van der Waals surface area contributed by atoms with Crippen LogP contribution in [0.3, 0.4) is 0 Å². The number of hydrogen-bond donors (Lipinski definition) is 26. The summed E-state index contributed by atoms with van der Waals surface area (Å²) >= 11 is 0. The number of aliphatic hydroxyl groups is 21. The summed E-state index contributed by atoms with van der Waals surface area (Å²) in [6.45, 7) is -3.69. The predicted molar refractivity (Wildman–Crippen MR) is 300 cm³/mol. The fraction of sp³-hybridized carbons (Fsp3) is 0.907. The minimum absolute atomic E-state index is 0.824. The largest absolute Gasteiger partial charge is 0.477 e. The number of carbonyl (C=O) groups is 5. The number of ether oxygens (including phenoxy) is 13. The Morgan fingerprint density at radius 2 is 0.857 bits per heavy atom. The maximum absolute atomic E-state index is 13.7. The Morgan fingerprint density at radius 3 is 1.34 bits per heavy atom. The average Bonchev–Trinajstić information content (AvgIpc) is 0.750. The van der Waals surface area contributed by atoms with Crippen LogP contribution in [-0.2, 0) is 85.6 Å². The Kier molecular flexibility index (Phi) is 28.3. The van der Waals surface area contributed by atoms with E-state index in [0.717, 1.165) is 27.7 Å². The molecular formula is C54H89N3O41. The standard InChI is InChI=1S/C54H89N3O41/c1-13-28(70)33(75)36(78)48(87-13)93-40-24(12-86-53(51(82)83)5-17(66)25(55-14(2)63)41(96-53)29(71)19(68)7-58)91-47(95-44-31(73)21(9-60)89-49(37(44)79)92-39-23(11-62)88-46(81)35(77)34(39)76)27(57-16(4)65)43(40)94-50-38(80)45(32(74)22(10-61)90-50)98-54(52(84)85)6-18(67)26(56-15(3)64)42(97-54)30(72)20(69)8-59/h13,17-50,58-62,66-81H,5-12H2,1-4H3,(H,55,63)(H,56,64)(H,57,65)(H,82,83)(H,84,85)/t13-,17-,18-,19+,20+,21+,22+,23+,24+,25+,26+,27+,28+,29+,30+,31-,32-,33+,34+,35+,36-,37+,38+,39+,40+,41+,42+,43+,44-,45-,46?,47-,48-,49-,50-,53+,54-/m0/s1. The summed E-state index contributed by atoms with van der Waals surface area (Å²) in [5.74, 6) is -14.1. The summed E-state index contributed by atoms with van der Waals surface area (Å²) < 4.78 is 76.8. The van der Waals surface area contributed by atoms with Gasteiger partial charge in [0.2, 0.25) is 17.7 Å². The van der Waals surface area contributed by atoms with Crippen LogP contribution in [-0.4, -0.2) is 413 Å². The Hall–Kier alpha value is -4.01. The summed E-state index contributed by atoms with van der Waals surface area (Å²) in [6, 6.07) is -5.90. The summed E-state index contributed by atoms with van der Waals surface area (Å²) in [5, 5.41) is 259. The second-order valence-electron chi connectivity index (χ2n) is 24.6. The molecule has 7 rings (SSSR count). The maximum Gasteiger partial charge on any atom is 0.364 e. The molecule has 44 nitrogen and oxygen atoms in total. The number of amides is 3. The van der Waals surface area contributed by atoms with Crippen molar-refractivity contribution in [1.29, 1.82) is 0 Å². The van der Waals surface area contributed by atoms with Gasteiger partial charge in [-0.15, -0.1) is 0 Å². The molecule has 1 unspecified atom stereocenters. The Morgan fingerprint density at radius 1 is 0.439 bits per heavy atom. The second-order valence-corrected chi connectivity index (χ2v) is 24.6. The van der Waals surface area contributed by atoms with E-state index in [9.17, 15) is 141 Å². The van der Waals surface area contributed by atoms with Gasteiger partial charge >= 0.3 is 11.9 Å². The van der Waals surface area contributed by atoms with Gasteiger partial charge in [0.25, 0.3) is 11.6 Å². The van der Waals surface area contributed by atoms with Crippen LogP contribution in [0.2, 0.25) is 0 Å². The second kappa shape index (κ2) is 34.1. The molecular weight excluding hydrogens is 1350 g/mol. The van der Waals surface area contributed by atoms with Gasteiger partial charge in [0, 0.05) is 33.6 Å². The Bertz CT molecular complexity index is 2630. The van der Waals surface area contributed by atoms with Gasteiger partial charge in [-0.05, 0) is 6.92 Å². The van der Waals surface area contributed by atoms with E-state index in [0.29, 0.717) is 0 Å². The van der Waals surface area contributed by atoms with Crippen molar-refractivity contribution < 1.29 is 203 Å². The van der Waals surface area contributed by atoms with Crippen LogP contribution < -0.4 is 16.0 Å². The first-order valence-electron chi connectivity index (χ1n) is 30.7. The summed E-state index contributed by atoms with van der Waals surface area (Å²) in [4.78, 5) is 65.5. The number of hydrogen-bond acceptors (Lipinski definition) is 39. The van der Waals surface area contributed by atoms with E-state index in [2.05, 4.69) is 16.0 Å². The number of rotatable bonds is 27. The van der Waals surface area contributed by atoms with Crippen molar-refractivity contribution in [3.8, 4) is 0 Å². The third-order valence-corrected chi connectivity index (χ3v) is 17.7. The lowest BCUT2D eigenvalue weighted by atomic mass is 9.88. The fourth-order valence-electron chi connectivity index (χ4n) is 12.4. The molecule has 0 aliphatic carbocycles. The van der Waals surface area contributed by atoms with Gasteiger partial charge in [0.1, 0.15) is 153 Å². The third-order valence-electron chi connectivity index (χ3n) is 17.7. The summed E-state index contributed by atoms with van der Waals surface area (Å²) in [7, 11) is 0. The van der Waals surface area contributed by atoms with Crippen molar-refractivity contribution in [1.82, 2.24) is 16.0 Å². The molecule has 0 aromatic rings. The highest BCUT2D eigenvalue weighted by molar-refractivity contribution is 5.77. The highest BCUT2D eigenvalue weighted by Crippen LogP contribution is 2.42. The molecule has 7 aliphatic rings. The Labute approximate surface area is 553 Å². The van der Waals surface area contributed by atoms with Gasteiger partial charge in [-0.25, -0.2) is 9.59 Å². The molecule has 0 spiro atoms. The average molecular weight is 1440 g/mol. The predicted octanol–water partition coefficient (Wildman–Crippen LogP) is -16.4. The van der Waals surface area contributed by atoms with Crippen molar-refractivity contribution in [3.05, 3.63) is 0 Å². The highest BCUT2D eigenvalue weighted by atomic mass is 16.8. The third kappa shape index (κ3) is 17.4. The lowest BCUT2D eigenvalue weighted by Gasteiger charge is -2.53. The first-order chi connectivity index (χ1) is 45.9. The van der Waals surface area contributed by atoms with Crippen LogP contribution in [0.1, 0.15) is 40.5 Å². The summed E-state index contributed by atoms with van der Waals surface area (Å²) in [6.07, 6.45) is -74.5. The number of nitrogens with one attached hydrogen (secondary N) is 3. The van der Waals surface area contributed by atoms with E-state index < -0.39 is 308 Å².